The molecule has 0 aliphatic carbocycles. The van der Waals surface area contributed by atoms with E-state index in [0.29, 0.717) is 0 Å². The van der Waals surface area contributed by atoms with E-state index < -0.39 is 9.84 Å². The van der Waals surface area contributed by atoms with Crippen LogP contribution < -0.4 is 0 Å². The Morgan fingerprint density at radius 2 is 2.00 bits per heavy atom. The smallest absolute Gasteiger partial charge is 0.230 e. The predicted molar refractivity (Wildman–Crippen MR) is 45.9 cm³/mol. The van der Waals surface area contributed by atoms with Crippen LogP contribution in [0.5, 0.6) is 0 Å². The second-order valence-electron chi connectivity index (χ2n) is 3.16. The van der Waals surface area contributed by atoms with Crippen LogP contribution in [0.4, 0.5) is 0 Å². The first-order chi connectivity index (χ1) is 5.88. The van der Waals surface area contributed by atoms with Crippen molar-refractivity contribution in [2.24, 2.45) is 0 Å². The normalized spacial score (nSPS) is 18.4. The van der Waals surface area contributed by atoms with Crippen LogP contribution in [0.25, 0.3) is 0 Å². The Balaban J connectivity index is 2.47. The minimum atomic E-state index is -3.06. The number of amides is 1. The molecule has 0 unspecified atom stereocenters. The molecule has 0 radical (unpaired) electrons. The second kappa shape index (κ2) is 3.45. The number of sulfone groups is 1. The molecule has 0 aromatic rings. The molecule has 0 saturated carbocycles. The summed E-state index contributed by atoms with van der Waals surface area (Å²) in [4.78, 5) is 23.1. The average molecular weight is 205 g/mol. The zero-order chi connectivity index (χ0) is 10.1. The van der Waals surface area contributed by atoms with Gasteiger partial charge < -0.3 is 4.90 Å². The molecule has 0 aromatic heterocycles. The molecule has 1 aliphatic rings. The summed E-state index contributed by atoms with van der Waals surface area (Å²) < 4.78 is 21.5. The van der Waals surface area contributed by atoms with Gasteiger partial charge in [-0.05, 0) is 0 Å². The van der Waals surface area contributed by atoms with E-state index in [0.717, 1.165) is 6.26 Å². The lowest BCUT2D eigenvalue weighted by molar-refractivity contribution is -0.127. The summed E-state index contributed by atoms with van der Waals surface area (Å²) in [5.41, 5.74) is 0. The zero-order valence-corrected chi connectivity index (χ0v) is 8.13. The van der Waals surface area contributed by atoms with Crippen LogP contribution in [0.1, 0.15) is 6.42 Å². The Labute approximate surface area is 76.6 Å². The summed E-state index contributed by atoms with van der Waals surface area (Å²) in [6.45, 7) is 0.192. The van der Waals surface area contributed by atoms with Crippen molar-refractivity contribution in [1.29, 1.82) is 0 Å². The van der Waals surface area contributed by atoms with E-state index in [-0.39, 0.29) is 37.0 Å². The summed E-state index contributed by atoms with van der Waals surface area (Å²) in [6.07, 6.45) is 1.03. The van der Waals surface area contributed by atoms with Crippen molar-refractivity contribution in [3.63, 3.8) is 0 Å². The van der Waals surface area contributed by atoms with Gasteiger partial charge in [-0.2, -0.15) is 0 Å². The fourth-order valence-electron chi connectivity index (χ4n) is 1.12. The Kier molecular flexibility index (Phi) is 2.70. The number of rotatable bonds is 3. The maximum Gasteiger partial charge on any atom is 0.230 e. The highest BCUT2D eigenvalue weighted by molar-refractivity contribution is 7.90. The standard InChI is InChI=1S/C7H11NO4S/c1-13(11,12)3-2-8-5-6(9)4-7(8)10/h2-5H2,1H3. The zero-order valence-electron chi connectivity index (χ0n) is 7.32. The molecular weight excluding hydrogens is 194 g/mol. The molecule has 0 N–H and O–H groups in total. The van der Waals surface area contributed by atoms with E-state index >= 15 is 0 Å². The monoisotopic (exact) mass is 205 g/mol. The molecule has 1 aliphatic heterocycles. The first-order valence-corrected chi connectivity index (χ1v) is 5.92. The van der Waals surface area contributed by atoms with Crippen LogP contribution in [0.15, 0.2) is 0 Å². The van der Waals surface area contributed by atoms with Gasteiger partial charge in [-0.3, -0.25) is 9.59 Å². The molecule has 1 fully saturated rings. The molecule has 0 spiro atoms. The summed E-state index contributed by atoms with van der Waals surface area (Å²) >= 11 is 0. The highest BCUT2D eigenvalue weighted by atomic mass is 32.2. The van der Waals surface area contributed by atoms with E-state index in [2.05, 4.69) is 0 Å². The molecular formula is C7H11NO4S. The van der Waals surface area contributed by atoms with Crippen LogP contribution >= 0.6 is 0 Å². The third-order valence-electron chi connectivity index (χ3n) is 1.80. The first-order valence-electron chi connectivity index (χ1n) is 3.86. The lowest BCUT2D eigenvalue weighted by Crippen LogP contribution is -2.30. The highest BCUT2D eigenvalue weighted by Gasteiger charge is 2.27. The minimum absolute atomic E-state index is 0.0638. The van der Waals surface area contributed by atoms with Crippen molar-refractivity contribution in [2.75, 3.05) is 25.1 Å². The molecule has 1 saturated heterocycles. The number of carbonyl (C=O) groups is 2. The van der Waals surface area contributed by atoms with E-state index in [1.54, 1.807) is 0 Å². The lowest BCUT2D eigenvalue weighted by Gasteiger charge is -2.12. The third kappa shape index (κ3) is 3.14. The van der Waals surface area contributed by atoms with Gasteiger partial charge in [0.15, 0.2) is 5.78 Å². The van der Waals surface area contributed by atoms with Gasteiger partial charge in [0.2, 0.25) is 5.91 Å². The van der Waals surface area contributed by atoms with Gasteiger partial charge in [0.1, 0.15) is 9.84 Å². The third-order valence-corrected chi connectivity index (χ3v) is 2.72. The molecule has 0 atom stereocenters. The molecule has 1 rings (SSSR count). The summed E-state index contributed by atoms with van der Waals surface area (Å²) in [7, 11) is -3.06. The molecule has 74 valence electrons. The van der Waals surface area contributed by atoms with E-state index in [9.17, 15) is 18.0 Å². The number of ketones is 1. The Bertz CT molecular complexity index is 332. The van der Waals surface area contributed by atoms with Gasteiger partial charge in [0.25, 0.3) is 0 Å². The van der Waals surface area contributed by atoms with Crippen molar-refractivity contribution < 1.29 is 18.0 Å². The van der Waals surface area contributed by atoms with Gasteiger partial charge in [0, 0.05) is 12.8 Å². The molecule has 5 nitrogen and oxygen atoms in total. The largest absolute Gasteiger partial charge is 0.334 e. The van der Waals surface area contributed by atoms with Crippen molar-refractivity contribution >= 4 is 21.5 Å². The SMILES string of the molecule is CS(=O)(=O)CCN1CC(=O)CC1=O. The van der Waals surface area contributed by atoms with Crippen LogP contribution in [-0.4, -0.2) is 50.1 Å². The van der Waals surface area contributed by atoms with E-state index in [1.165, 1.54) is 4.90 Å². The van der Waals surface area contributed by atoms with Gasteiger partial charge in [0.05, 0.1) is 18.7 Å². The van der Waals surface area contributed by atoms with Gasteiger partial charge >= 0.3 is 0 Å². The number of hydrogen-bond acceptors (Lipinski definition) is 4. The molecule has 13 heavy (non-hydrogen) atoms. The Morgan fingerprint density at radius 3 is 2.38 bits per heavy atom. The number of Topliss-reactive ketones (excluding diaryl/α,β-unsaturated/α-hetero) is 1. The number of carbonyl (C=O) groups excluding carboxylic acids is 2. The van der Waals surface area contributed by atoms with Crippen LogP contribution in [0.2, 0.25) is 0 Å². The van der Waals surface area contributed by atoms with Crippen LogP contribution in [0.3, 0.4) is 0 Å². The maximum atomic E-state index is 11.0. The molecule has 0 bridgehead atoms. The minimum Gasteiger partial charge on any atom is -0.334 e. The predicted octanol–water partition coefficient (Wildman–Crippen LogP) is -1.17. The van der Waals surface area contributed by atoms with Crippen molar-refractivity contribution in [3.8, 4) is 0 Å². The number of hydrogen-bond donors (Lipinski definition) is 0. The van der Waals surface area contributed by atoms with E-state index in [4.69, 9.17) is 0 Å². The second-order valence-corrected chi connectivity index (χ2v) is 5.42. The topological polar surface area (TPSA) is 71.5 Å². The van der Waals surface area contributed by atoms with Gasteiger partial charge in [-0.15, -0.1) is 0 Å². The Morgan fingerprint density at radius 1 is 1.38 bits per heavy atom. The highest BCUT2D eigenvalue weighted by Crippen LogP contribution is 2.05. The number of nitrogens with zero attached hydrogens (tertiary/aromatic N) is 1. The van der Waals surface area contributed by atoms with Gasteiger partial charge in [-0.1, -0.05) is 0 Å². The Hall–Kier alpha value is -0.910. The average Bonchev–Trinajstić information content (AvgIpc) is 2.24. The lowest BCUT2D eigenvalue weighted by atomic mass is 10.3. The summed E-state index contributed by atoms with van der Waals surface area (Å²) in [6, 6.07) is 0. The number of likely N-dealkylation sites (tertiary alicyclic amines) is 1. The fraction of sp³-hybridized carbons (Fsp3) is 0.714. The first kappa shape index (κ1) is 10.2. The van der Waals surface area contributed by atoms with Crippen molar-refractivity contribution in [1.82, 2.24) is 4.90 Å². The summed E-state index contributed by atoms with van der Waals surface area (Å²) in [5.74, 6) is -0.487. The van der Waals surface area contributed by atoms with Crippen LogP contribution in [0, 0.1) is 0 Å². The molecule has 6 heteroatoms. The van der Waals surface area contributed by atoms with Crippen LogP contribution in [-0.2, 0) is 19.4 Å². The maximum absolute atomic E-state index is 11.0. The van der Waals surface area contributed by atoms with Crippen molar-refractivity contribution in [3.05, 3.63) is 0 Å². The molecule has 0 aromatic carbocycles. The van der Waals surface area contributed by atoms with Gasteiger partial charge in [-0.25, -0.2) is 8.42 Å². The fourth-order valence-corrected chi connectivity index (χ4v) is 1.67. The summed E-state index contributed by atoms with van der Waals surface area (Å²) in [5, 5.41) is 0. The molecule has 1 amide bonds. The van der Waals surface area contributed by atoms with E-state index in [1.807, 2.05) is 0 Å². The molecule has 1 heterocycles. The quantitative estimate of drug-likeness (QED) is 0.544. The van der Waals surface area contributed by atoms with Crippen molar-refractivity contribution in [2.45, 2.75) is 6.42 Å².